The van der Waals surface area contributed by atoms with E-state index < -0.39 is 27.1 Å². The lowest BCUT2D eigenvalue weighted by atomic mass is 10.2. The fourth-order valence-electron chi connectivity index (χ4n) is 3.22. The van der Waals surface area contributed by atoms with Gasteiger partial charge in [-0.15, -0.1) is 0 Å². The average molecular weight is 634 g/mol. The van der Waals surface area contributed by atoms with Crippen molar-refractivity contribution in [1.29, 1.82) is 0 Å². The molecule has 1 N–H and O–H groups in total. The summed E-state index contributed by atoms with van der Waals surface area (Å²) in [6.07, 6.45) is 1.35. The van der Waals surface area contributed by atoms with E-state index >= 15 is 0 Å². The maximum atomic E-state index is 12.4. The number of ether oxygens (including phenoxy) is 2. The Morgan fingerprint density at radius 3 is 2.46 bits per heavy atom. The van der Waals surface area contributed by atoms with Crippen LogP contribution in [-0.4, -0.2) is 29.1 Å². The molecule has 3 aromatic carbocycles. The number of hydrogen-bond donors (Lipinski definition) is 1. The van der Waals surface area contributed by atoms with E-state index in [1.807, 2.05) is 6.07 Å². The van der Waals surface area contributed by atoms with Crippen LogP contribution in [0, 0.1) is 20.2 Å². The van der Waals surface area contributed by atoms with Gasteiger partial charge in [0.2, 0.25) is 5.75 Å². The topological polar surface area (TPSA) is 159 Å². The van der Waals surface area contributed by atoms with Crippen molar-refractivity contribution < 1.29 is 28.5 Å². The Hall–Kier alpha value is -4.30. The zero-order valence-corrected chi connectivity index (χ0v) is 21.8. The minimum atomic E-state index is -0.780. The second-order valence-electron chi connectivity index (χ2n) is 7.29. The summed E-state index contributed by atoms with van der Waals surface area (Å²) in [6.45, 7) is 0. The molecule has 0 spiro atoms. The number of carbonyl (C=O) groups is 1. The number of nitro benzene ring substituents is 2. The second-order valence-corrected chi connectivity index (χ2v) is 9.06. The number of nitrogens with zero attached hydrogens (tertiary/aromatic N) is 3. The number of hydrazone groups is 1. The largest absolute Gasteiger partial charge is 0.493 e. The zero-order valence-electron chi connectivity index (χ0n) is 18.6. The summed E-state index contributed by atoms with van der Waals surface area (Å²) in [7, 11) is 1.37. The molecule has 0 unspecified atom stereocenters. The Balaban J connectivity index is 1.50. The molecule has 0 radical (unpaired) electrons. The number of halogens is 2. The Morgan fingerprint density at radius 2 is 1.76 bits per heavy atom. The number of non-ortho nitro benzene ring substituents is 1. The zero-order chi connectivity index (χ0) is 26.7. The molecule has 1 aromatic heterocycles. The summed E-state index contributed by atoms with van der Waals surface area (Å²) in [5.74, 6) is -0.368. The van der Waals surface area contributed by atoms with Gasteiger partial charge in [0.05, 0.1) is 33.7 Å². The third kappa shape index (κ3) is 5.76. The number of nitro groups is 2. The maximum Gasteiger partial charge on any atom is 0.318 e. The lowest BCUT2D eigenvalue weighted by Crippen LogP contribution is -2.16. The summed E-state index contributed by atoms with van der Waals surface area (Å²) in [5, 5.41) is 26.9. The molecule has 1 amide bonds. The third-order valence-electron chi connectivity index (χ3n) is 4.90. The Bertz CT molecular complexity index is 1580. The van der Waals surface area contributed by atoms with Gasteiger partial charge in [0.15, 0.2) is 17.3 Å². The number of methoxy groups -OCH3 is 1. The van der Waals surface area contributed by atoms with E-state index in [1.165, 1.54) is 25.5 Å². The van der Waals surface area contributed by atoms with E-state index in [4.69, 9.17) is 13.9 Å². The van der Waals surface area contributed by atoms with Crippen LogP contribution in [0.4, 0.5) is 11.4 Å². The maximum absolute atomic E-state index is 12.4. The molecule has 0 aliphatic rings. The SMILES string of the molecule is COc1cc(/C=N\NC(=O)c2cc3cc(Br)cc(Br)c3o2)ccc1Oc1ccc([N+](=O)[O-])cc1[N+](=O)[O-]. The molecule has 0 bridgehead atoms. The molecule has 12 nitrogen and oxygen atoms in total. The predicted octanol–water partition coefficient (Wildman–Crippen LogP) is 6.34. The minimum absolute atomic E-state index is 0.0666. The summed E-state index contributed by atoms with van der Waals surface area (Å²) in [5.41, 5.74) is 2.39. The van der Waals surface area contributed by atoms with Gasteiger partial charge in [-0.05, 0) is 64.0 Å². The van der Waals surface area contributed by atoms with Crippen LogP contribution in [0.2, 0.25) is 0 Å². The summed E-state index contributed by atoms with van der Waals surface area (Å²) in [4.78, 5) is 33.2. The van der Waals surface area contributed by atoms with Crippen LogP contribution in [0.3, 0.4) is 0 Å². The second kappa shape index (κ2) is 10.8. The van der Waals surface area contributed by atoms with Crippen LogP contribution in [0.1, 0.15) is 16.1 Å². The fraction of sp³-hybridized carbons (Fsp3) is 0.0435. The molecule has 0 fully saturated rings. The van der Waals surface area contributed by atoms with E-state index in [2.05, 4.69) is 42.4 Å². The van der Waals surface area contributed by atoms with E-state index in [-0.39, 0.29) is 23.0 Å². The molecular formula is C23H14Br2N4O8. The molecule has 4 aromatic rings. The van der Waals surface area contributed by atoms with Crippen LogP contribution >= 0.6 is 31.9 Å². The van der Waals surface area contributed by atoms with Crippen molar-refractivity contribution in [3.8, 4) is 17.2 Å². The van der Waals surface area contributed by atoms with E-state index in [9.17, 15) is 25.0 Å². The number of benzene rings is 3. The quantitative estimate of drug-likeness (QED) is 0.134. The highest BCUT2D eigenvalue weighted by Crippen LogP contribution is 2.38. The van der Waals surface area contributed by atoms with Crippen molar-refractivity contribution in [3.63, 3.8) is 0 Å². The molecule has 1 heterocycles. The number of amides is 1. The first-order chi connectivity index (χ1) is 17.7. The molecule has 0 aliphatic carbocycles. The van der Waals surface area contributed by atoms with E-state index in [0.29, 0.717) is 15.6 Å². The van der Waals surface area contributed by atoms with Crippen molar-refractivity contribution in [2.75, 3.05) is 7.11 Å². The van der Waals surface area contributed by atoms with Gasteiger partial charge in [-0.3, -0.25) is 25.0 Å². The molecule has 188 valence electrons. The highest BCUT2D eigenvalue weighted by atomic mass is 79.9. The number of carbonyl (C=O) groups excluding carboxylic acids is 1. The first-order valence-corrected chi connectivity index (χ1v) is 11.8. The minimum Gasteiger partial charge on any atom is -0.493 e. The highest BCUT2D eigenvalue weighted by molar-refractivity contribution is 9.11. The molecule has 0 aliphatic heterocycles. The van der Waals surface area contributed by atoms with Gasteiger partial charge in [0.1, 0.15) is 5.58 Å². The standard InChI is InChI=1S/C23H14Br2N4O8/c1-35-20-6-12(2-4-19(20)36-18-5-3-15(28(31)32)10-17(18)29(33)34)11-26-27-23(30)21-8-13-7-14(24)9-16(25)22(13)37-21/h2-11H,1H3,(H,27,30)/b26-11-. The monoisotopic (exact) mass is 632 g/mol. The summed E-state index contributed by atoms with van der Waals surface area (Å²) in [6, 6.07) is 12.8. The lowest BCUT2D eigenvalue weighted by molar-refractivity contribution is -0.394. The van der Waals surface area contributed by atoms with Crippen LogP contribution in [0.5, 0.6) is 17.2 Å². The van der Waals surface area contributed by atoms with Crippen molar-refractivity contribution >= 4 is 66.3 Å². The van der Waals surface area contributed by atoms with Gasteiger partial charge in [-0.2, -0.15) is 5.10 Å². The van der Waals surface area contributed by atoms with Gasteiger partial charge in [-0.1, -0.05) is 15.9 Å². The summed E-state index contributed by atoms with van der Waals surface area (Å²) < 4.78 is 18.0. The molecular weight excluding hydrogens is 620 g/mol. The number of furan rings is 1. The molecule has 37 heavy (non-hydrogen) atoms. The molecule has 14 heteroatoms. The van der Waals surface area contributed by atoms with Crippen LogP contribution in [0.15, 0.2) is 73.1 Å². The normalized spacial score (nSPS) is 11.0. The first kappa shape index (κ1) is 25.8. The smallest absolute Gasteiger partial charge is 0.318 e. The lowest BCUT2D eigenvalue weighted by Gasteiger charge is -2.11. The highest BCUT2D eigenvalue weighted by Gasteiger charge is 2.22. The van der Waals surface area contributed by atoms with E-state index in [1.54, 1.807) is 18.2 Å². The number of hydrogen-bond acceptors (Lipinski definition) is 9. The number of nitrogens with one attached hydrogen (secondary N) is 1. The van der Waals surface area contributed by atoms with Crippen molar-refractivity contribution in [2.45, 2.75) is 0 Å². The third-order valence-corrected chi connectivity index (χ3v) is 5.94. The van der Waals surface area contributed by atoms with Gasteiger partial charge in [-0.25, -0.2) is 5.43 Å². The van der Waals surface area contributed by atoms with Gasteiger partial charge in [0, 0.05) is 15.9 Å². The molecule has 0 atom stereocenters. The predicted molar refractivity (Wildman–Crippen MR) is 139 cm³/mol. The first-order valence-electron chi connectivity index (χ1n) is 10.2. The Kier molecular flexibility index (Phi) is 7.50. The van der Waals surface area contributed by atoms with E-state index in [0.717, 1.165) is 28.1 Å². The van der Waals surface area contributed by atoms with Gasteiger partial charge < -0.3 is 13.9 Å². The summed E-state index contributed by atoms with van der Waals surface area (Å²) >= 11 is 6.77. The van der Waals surface area contributed by atoms with Crippen molar-refractivity contribution in [3.05, 3.63) is 95.1 Å². The number of fused-ring (bicyclic) bond motifs is 1. The van der Waals surface area contributed by atoms with Crippen molar-refractivity contribution in [2.24, 2.45) is 5.10 Å². The van der Waals surface area contributed by atoms with Crippen LogP contribution in [-0.2, 0) is 0 Å². The Labute approximate surface area is 224 Å². The van der Waals surface area contributed by atoms with Crippen LogP contribution in [0.25, 0.3) is 11.0 Å². The molecule has 4 rings (SSSR count). The fourth-order valence-corrected chi connectivity index (χ4v) is 4.56. The van der Waals surface area contributed by atoms with Crippen LogP contribution < -0.4 is 14.9 Å². The van der Waals surface area contributed by atoms with Gasteiger partial charge in [0.25, 0.3) is 5.69 Å². The van der Waals surface area contributed by atoms with Gasteiger partial charge >= 0.3 is 11.6 Å². The average Bonchev–Trinajstić information content (AvgIpc) is 3.29. The number of rotatable bonds is 8. The Morgan fingerprint density at radius 1 is 1.00 bits per heavy atom. The molecule has 0 saturated carbocycles. The van der Waals surface area contributed by atoms with Crippen molar-refractivity contribution in [1.82, 2.24) is 5.43 Å². The molecule has 0 saturated heterocycles.